The lowest BCUT2D eigenvalue weighted by Gasteiger charge is -2.41. The summed E-state index contributed by atoms with van der Waals surface area (Å²) in [6, 6.07) is 17.5. The molecule has 1 atom stereocenters. The third-order valence-corrected chi connectivity index (χ3v) is 10.6. The zero-order valence-electron chi connectivity index (χ0n) is 23.8. The van der Waals surface area contributed by atoms with E-state index in [4.69, 9.17) is 0 Å². The highest BCUT2D eigenvalue weighted by atomic mass is 32.2. The van der Waals surface area contributed by atoms with Crippen molar-refractivity contribution in [3.05, 3.63) is 94.8 Å². The standard InChI is InChI=1S/C33H34N2O.C3H5NS/c36-33(32-10-3-4-17-34-32)35-18-15-22(16-19-35)24-11-13-26-25(20-24)12-14-29-27-8-1-2-9-28(27)30(21-31(26)29)23-6-5-7-23;1-2-5-3-4-1/h1,3-4,8,10-14,17,20,22-23,30H,2,5-7,9,15-16,18-19,21H2;3H,1-2H2. The Hall–Kier alpha value is -3.18. The van der Waals surface area contributed by atoms with Gasteiger partial charge in [-0.1, -0.05) is 60.5 Å². The molecule has 3 aliphatic carbocycles. The van der Waals surface area contributed by atoms with Crippen molar-refractivity contribution in [3.63, 3.8) is 0 Å². The van der Waals surface area contributed by atoms with Crippen molar-refractivity contribution in [2.45, 2.75) is 57.3 Å². The Morgan fingerprint density at radius 1 is 1.00 bits per heavy atom. The molecule has 3 aromatic rings. The molecule has 0 spiro atoms. The number of thioether (sulfide) groups is 1. The summed E-state index contributed by atoms with van der Waals surface area (Å²) in [7, 11) is 0. The molecule has 0 bridgehead atoms. The number of aliphatic imine (C=N–C) groups is 1. The van der Waals surface area contributed by atoms with E-state index in [0.29, 0.717) is 11.6 Å². The van der Waals surface area contributed by atoms with Crippen LogP contribution >= 0.6 is 11.8 Å². The zero-order valence-corrected chi connectivity index (χ0v) is 24.6. The molecule has 1 aromatic heterocycles. The van der Waals surface area contributed by atoms with E-state index >= 15 is 0 Å². The molecule has 0 radical (unpaired) electrons. The van der Waals surface area contributed by atoms with Gasteiger partial charge in [0.15, 0.2) is 0 Å². The molecular weight excluding hydrogens is 522 g/mol. The first kappa shape index (κ1) is 26.7. The Morgan fingerprint density at radius 3 is 2.61 bits per heavy atom. The monoisotopic (exact) mass is 561 g/mol. The highest BCUT2D eigenvalue weighted by Gasteiger charge is 2.36. The molecule has 8 rings (SSSR count). The molecule has 4 nitrogen and oxygen atoms in total. The maximum atomic E-state index is 12.8. The lowest BCUT2D eigenvalue weighted by atomic mass is 9.64. The van der Waals surface area contributed by atoms with E-state index in [1.54, 1.807) is 29.1 Å². The maximum absolute atomic E-state index is 12.8. The molecule has 1 unspecified atom stereocenters. The fourth-order valence-electron chi connectivity index (χ4n) is 7.44. The van der Waals surface area contributed by atoms with Gasteiger partial charge < -0.3 is 4.90 Å². The van der Waals surface area contributed by atoms with Gasteiger partial charge >= 0.3 is 0 Å². The Balaban J connectivity index is 0.000000502. The second-order valence-electron chi connectivity index (χ2n) is 12.1. The summed E-state index contributed by atoms with van der Waals surface area (Å²) in [6.45, 7) is 2.63. The molecular formula is C36H39N3OS. The number of allylic oxidation sites excluding steroid dienone is 4. The number of likely N-dealkylation sites (tertiary alicyclic amines) is 1. The Bertz CT molecular complexity index is 1510. The van der Waals surface area contributed by atoms with Crippen molar-refractivity contribution in [2.24, 2.45) is 16.8 Å². The van der Waals surface area contributed by atoms with E-state index < -0.39 is 0 Å². The lowest BCUT2D eigenvalue weighted by Crippen LogP contribution is -2.38. The lowest BCUT2D eigenvalue weighted by molar-refractivity contribution is 0.0707. The number of fused-ring (bicyclic) bond motifs is 4. The number of benzene rings is 2. The number of carbonyl (C=O) groups is 1. The third-order valence-electron chi connectivity index (χ3n) is 9.87. The van der Waals surface area contributed by atoms with Crippen molar-refractivity contribution in [1.29, 1.82) is 0 Å². The van der Waals surface area contributed by atoms with Gasteiger partial charge in [-0.25, -0.2) is 0 Å². The van der Waals surface area contributed by atoms with Gasteiger partial charge in [-0.2, -0.15) is 0 Å². The van der Waals surface area contributed by atoms with Crippen LogP contribution in [0.2, 0.25) is 0 Å². The van der Waals surface area contributed by atoms with Crippen LogP contribution in [0.4, 0.5) is 0 Å². The number of pyridine rings is 1. The van der Waals surface area contributed by atoms with E-state index in [1.165, 1.54) is 71.8 Å². The van der Waals surface area contributed by atoms with Crippen LogP contribution in [0.1, 0.15) is 78.0 Å². The van der Waals surface area contributed by atoms with Crippen molar-refractivity contribution < 1.29 is 4.79 Å². The van der Waals surface area contributed by atoms with Gasteiger partial charge in [0, 0.05) is 31.6 Å². The highest BCUT2D eigenvalue weighted by Crippen LogP contribution is 2.49. The number of aromatic nitrogens is 1. The van der Waals surface area contributed by atoms with E-state index in [0.717, 1.165) is 44.3 Å². The summed E-state index contributed by atoms with van der Waals surface area (Å²) in [5.41, 5.74) is 10.2. The van der Waals surface area contributed by atoms with E-state index in [9.17, 15) is 4.79 Å². The minimum atomic E-state index is 0.0608. The van der Waals surface area contributed by atoms with Crippen molar-refractivity contribution >= 4 is 39.6 Å². The summed E-state index contributed by atoms with van der Waals surface area (Å²) in [6.07, 6.45) is 16.4. The van der Waals surface area contributed by atoms with E-state index in [2.05, 4.69) is 52.5 Å². The molecule has 210 valence electrons. The van der Waals surface area contributed by atoms with Crippen molar-refractivity contribution in [2.75, 3.05) is 25.4 Å². The smallest absolute Gasteiger partial charge is 0.272 e. The molecule has 1 saturated carbocycles. The summed E-state index contributed by atoms with van der Waals surface area (Å²) < 4.78 is 0. The van der Waals surface area contributed by atoms with Crippen molar-refractivity contribution in [1.82, 2.24) is 9.88 Å². The van der Waals surface area contributed by atoms with Gasteiger partial charge in [0.1, 0.15) is 5.69 Å². The first-order valence-corrected chi connectivity index (χ1v) is 16.6. The van der Waals surface area contributed by atoms with Crippen LogP contribution in [-0.2, 0) is 6.42 Å². The normalized spacial score (nSPS) is 22.1. The van der Waals surface area contributed by atoms with Crippen LogP contribution in [0.5, 0.6) is 0 Å². The molecule has 1 amide bonds. The van der Waals surface area contributed by atoms with Crippen LogP contribution in [0, 0.1) is 11.8 Å². The number of hydrogen-bond acceptors (Lipinski definition) is 4. The summed E-state index contributed by atoms with van der Waals surface area (Å²) in [5.74, 6) is 3.41. The fraction of sp³-hybridized carbons (Fsp3) is 0.417. The summed E-state index contributed by atoms with van der Waals surface area (Å²) >= 11 is 1.78. The number of carbonyl (C=O) groups excluding carboxylic acids is 1. The molecule has 5 aliphatic rings. The van der Waals surface area contributed by atoms with Crippen molar-refractivity contribution in [3.8, 4) is 0 Å². The predicted molar refractivity (Wildman–Crippen MR) is 172 cm³/mol. The van der Waals surface area contributed by atoms with Gasteiger partial charge in [0.2, 0.25) is 0 Å². The third kappa shape index (κ3) is 5.41. The van der Waals surface area contributed by atoms with E-state index in [-0.39, 0.29) is 5.91 Å². The van der Waals surface area contributed by atoms with Gasteiger partial charge in [0.05, 0.1) is 5.55 Å². The second-order valence-corrected chi connectivity index (χ2v) is 13.1. The minimum absolute atomic E-state index is 0.0608. The summed E-state index contributed by atoms with van der Waals surface area (Å²) in [4.78, 5) is 23.0. The SMILES string of the molecule is C1=NCCS1.O=C(c1ccccn1)N1CCC(c2ccc3c4c(ccc3c2)C2=C(CCC=C2)C(C2CCC2)C4)CC1. The predicted octanol–water partition coefficient (Wildman–Crippen LogP) is 8.09. The molecule has 3 heterocycles. The van der Waals surface area contributed by atoms with Crippen LogP contribution in [-0.4, -0.2) is 46.7 Å². The molecule has 2 fully saturated rings. The first-order valence-electron chi connectivity index (χ1n) is 15.5. The van der Waals surface area contributed by atoms with E-state index in [1.807, 2.05) is 28.6 Å². The number of amides is 1. The largest absolute Gasteiger partial charge is 0.337 e. The average molecular weight is 562 g/mol. The van der Waals surface area contributed by atoms with Gasteiger partial charge in [0.25, 0.3) is 5.91 Å². The van der Waals surface area contributed by atoms with Crippen LogP contribution in [0.3, 0.4) is 0 Å². The number of piperidine rings is 1. The molecule has 2 aromatic carbocycles. The second kappa shape index (κ2) is 12.0. The Labute approximate surface area is 248 Å². The maximum Gasteiger partial charge on any atom is 0.272 e. The highest BCUT2D eigenvalue weighted by molar-refractivity contribution is 8.12. The molecule has 1 saturated heterocycles. The van der Waals surface area contributed by atoms with Gasteiger partial charge in [-0.05, 0) is 108 Å². The molecule has 2 aliphatic heterocycles. The van der Waals surface area contributed by atoms with Crippen LogP contribution in [0.15, 0.2) is 77.4 Å². The van der Waals surface area contributed by atoms with Crippen LogP contribution < -0.4 is 0 Å². The summed E-state index contributed by atoms with van der Waals surface area (Å²) in [5, 5.41) is 2.84. The minimum Gasteiger partial charge on any atom is -0.337 e. The molecule has 0 N–H and O–H groups in total. The zero-order chi connectivity index (χ0) is 27.6. The molecule has 41 heavy (non-hydrogen) atoms. The Kier molecular flexibility index (Phi) is 7.80. The molecule has 5 heteroatoms. The number of hydrogen-bond donors (Lipinski definition) is 0. The topological polar surface area (TPSA) is 45.6 Å². The fourth-order valence-corrected chi connectivity index (χ4v) is 7.96. The number of rotatable bonds is 3. The average Bonchev–Trinajstić information content (AvgIpc) is 3.61. The van der Waals surface area contributed by atoms with Gasteiger partial charge in [-0.3, -0.25) is 14.8 Å². The quantitative estimate of drug-likeness (QED) is 0.325. The number of nitrogens with zero attached hydrogens (tertiary/aromatic N) is 3. The van der Waals surface area contributed by atoms with Crippen LogP contribution in [0.25, 0.3) is 16.3 Å². The Morgan fingerprint density at radius 2 is 1.90 bits per heavy atom. The first-order chi connectivity index (χ1) is 20.3. The van der Waals surface area contributed by atoms with Gasteiger partial charge in [-0.15, -0.1) is 11.8 Å².